The van der Waals surface area contributed by atoms with Gasteiger partial charge in [0.05, 0.1) is 0 Å². The van der Waals surface area contributed by atoms with Gasteiger partial charge in [0.1, 0.15) is 0 Å². The second-order valence-corrected chi connectivity index (χ2v) is 1.57. The van der Waals surface area contributed by atoms with E-state index in [9.17, 15) is 0 Å². The van der Waals surface area contributed by atoms with E-state index in [0.29, 0.717) is 0 Å². The fourth-order valence-electron chi connectivity index (χ4n) is 0.465. The molecule has 2 heteroatoms. The summed E-state index contributed by atoms with van der Waals surface area (Å²) in [6.07, 6.45) is 3.37. The average molecular weight is 149 g/mol. The maximum Gasteiger partial charge on any atom is 1.00 e. The second-order valence-electron chi connectivity index (χ2n) is 1.57. The van der Waals surface area contributed by atoms with E-state index in [1.165, 1.54) is 6.42 Å². The average Bonchev–Trinajstić information content (AvgIpc) is 1.69. The van der Waals surface area contributed by atoms with Crippen molar-refractivity contribution in [1.82, 2.24) is 0 Å². The van der Waals surface area contributed by atoms with Crippen molar-refractivity contribution in [3.63, 3.8) is 0 Å². The van der Waals surface area contributed by atoms with E-state index in [-0.39, 0.29) is 51.4 Å². The fraction of sp³-hybridized carbons (Fsp3) is 0.714. The number of nitriles is 1. The summed E-state index contributed by atoms with van der Waals surface area (Å²) in [4.78, 5) is 0. The van der Waals surface area contributed by atoms with E-state index in [0.717, 1.165) is 18.8 Å². The predicted molar refractivity (Wildman–Crippen MR) is 34.1 cm³/mol. The first-order valence-corrected chi connectivity index (χ1v) is 3.18. The topological polar surface area (TPSA) is 23.8 Å². The fourth-order valence-corrected chi connectivity index (χ4v) is 0.465. The number of rotatable bonds is 0. The Morgan fingerprint density at radius 3 is 1.78 bits per heavy atom. The molecule has 9 heavy (non-hydrogen) atoms. The van der Waals surface area contributed by atoms with Crippen molar-refractivity contribution in [2.75, 3.05) is 0 Å². The molecule has 1 aliphatic carbocycles. The van der Waals surface area contributed by atoms with Gasteiger partial charge in [-0.3, -0.25) is 5.92 Å². The Hall–Kier alpha value is 0.996. The molecule has 1 aliphatic rings. The molecule has 0 N–H and O–H groups in total. The van der Waals surface area contributed by atoms with Crippen molar-refractivity contribution in [1.29, 1.82) is 5.26 Å². The molecule has 0 spiro atoms. The van der Waals surface area contributed by atoms with Gasteiger partial charge in [0.25, 0.3) is 0 Å². The molecule has 1 rings (SSSR count). The third-order valence-electron chi connectivity index (χ3n) is 1.12. The van der Waals surface area contributed by atoms with Gasteiger partial charge in [-0.15, -0.1) is 12.5 Å². The van der Waals surface area contributed by atoms with Crippen LogP contribution in [-0.2, 0) is 0 Å². The van der Waals surface area contributed by atoms with Crippen LogP contribution in [0.2, 0.25) is 0 Å². The summed E-state index contributed by atoms with van der Waals surface area (Å²) >= 11 is 0. The van der Waals surface area contributed by atoms with Crippen molar-refractivity contribution in [3.8, 4) is 6.07 Å². The minimum Gasteiger partial charge on any atom is -0.277 e. The van der Waals surface area contributed by atoms with E-state index in [1.807, 2.05) is 13.8 Å². The molecule has 0 heterocycles. The molecule has 0 aromatic heterocycles. The SMILES string of the molecule is CC.N#C[C-]1CCC1.[K+]. The van der Waals surface area contributed by atoms with E-state index in [1.54, 1.807) is 0 Å². The van der Waals surface area contributed by atoms with Crippen LogP contribution in [0, 0.1) is 17.2 Å². The largest absolute Gasteiger partial charge is 1.00 e. The molecule has 0 radical (unpaired) electrons. The van der Waals surface area contributed by atoms with Crippen LogP contribution in [0.3, 0.4) is 0 Å². The minimum absolute atomic E-state index is 0. The summed E-state index contributed by atoms with van der Waals surface area (Å²) in [5.74, 6) is 1.08. The van der Waals surface area contributed by atoms with Gasteiger partial charge in [-0.25, -0.2) is 5.26 Å². The summed E-state index contributed by atoms with van der Waals surface area (Å²) in [6, 6.07) is 2.12. The third kappa shape index (κ3) is 5.44. The summed E-state index contributed by atoms with van der Waals surface area (Å²) in [5.41, 5.74) is 0. The smallest absolute Gasteiger partial charge is 0.277 e. The maximum atomic E-state index is 8.10. The molecular formula is C7H12KN. The zero-order chi connectivity index (χ0) is 6.41. The molecule has 0 atom stereocenters. The summed E-state index contributed by atoms with van der Waals surface area (Å²) in [5, 5.41) is 8.10. The molecule has 1 saturated carbocycles. The van der Waals surface area contributed by atoms with Crippen LogP contribution in [0.25, 0.3) is 0 Å². The van der Waals surface area contributed by atoms with Crippen LogP contribution in [0.1, 0.15) is 33.1 Å². The molecule has 0 aromatic carbocycles. The minimum atomic E-state index is 0. The Bertz CT molecular complexity index is 81.4. The molecule has 46 valence electrons. The van der Waals surface area contributed by atoms with Gasteiger partial charge in [-0.2, -0.15) is 12.8 Å². The molecule has 1 nitrogen and oxygen atoms in total. The first-order chi connectivity index (χ1) is 3.93. The maximum absolute atomic E-state index is 8.10. The molecule has 0 aliphatic heterocycles. The zero-order valence-corrected chi connectivity index (χ0v) is 9.69. The van der Waals surface area contributed by atoms with Crippen molar-refractivity contribution in [3.05, 3.63) is 5.92 Å². The van der Waals surface area contributed by atoms with E-state index >= 15 is 0 Å². The van der Waals surface area contributed by atoms with Crippen LogP contribution < -0.4 is 51.4 Å². The van der Waals surface area contributed by atoms with E-state index in [2.05, 4.69) is 6.07 Å². The van der Waals surface area contributed by atoms with E-state index < -0.39 is 0 Å². The van der Waals surface area contributed by atoms with Gasteiger partial charge in [0.15, 0.2) is 0 Å². The monoisotopic (exact) mass is 149 g/mol. The van der Waals surface area contributed by atoms with Crippen LogP contribution >= 0.6 is 0 Å². The van der Waals surface area contributed by atoms with Crippen molar-refractivity contribution in [2.24, 2.45) is 0 Å². The van der Waals surface area contributed by atoms with Gasteiger partial charge in [-0.05, 0) is 0 Å². The Labute approximate surface area is 100 Å². The van der Waals surface area contributed by atoms with Gasteiger partial charge in [0, 0.05) is 0 Å². The van der Waals surface area contributed by atoms with Gasteiger partial charge >= 0.3 is 51.4 Å². The quantitative estimate of drug-likeness (QED) is 0.330. The molecular weight excluding hydrogens is 137 g/mol. The molecule has 0 amide bonds. The molecule has 0 unspecified atom stereocenters. The van der Waals surface area contributed by atoms with Gasteiger partial charge < -0.3 is 0 Å². The Morgan fingerprint density at radius 1 is 1.33 bits per heavy atom. The normalized spacial score (nSPS) is 13.2. The standard InChI is InChI=1S/C5H6N.C2H6.K/c6-4-5-2-1-3-5;1-2;/h1-3H2;1-2H3;/q-1;;+1. The Morgan fingerprint density at radius 2 is 1.78 bits per heavy atom. The van der Waals surface area contributed by atoms with Crippen LogP contribution in [0.15, 0.2) is 0 Å². The Balaban J connectivity index is 0. The van der Waals surface area contributed by atoms with Gasteiger partial charge in [0.2, 0.25) is 0 Å². The first-order valence-electron chi connectivity index (χ1n) is 3.18. The third-order valence-corrected chi connectivity index (χ3v) is 1.12. The van der Waals surface area contributed by atoms with Crippen LogP contribution in [0.5, 0.6) is 0 Å². The molecule has 0 bridgehead atoms. The first kappa shape index (κ1) is 12.7. The zero-order valence-electron chi connectivity index (χ0n) is 6.57. The van der Waals surface area contributed by atoms with Crippen molar-refractivity contribution < 1.29 is 51.4 Å². The van der Waals surface area contributed by atoms with Crippen molar-refractivity contribution >= 4 is 0 Å². The predicted octanol–water partition coefficient (Wildman–Crippen LogP) is -0.701. The molecule has 1 fully saturated rings. The number of hydrogen-bond donors (Lipinski definition) is 0. The van der Waals surface area contributed by atoms with Crippen molar-refractivity contribution in [2.45, 2.75) is 33.1 Å². The van der Waals surface area contributed by atoms with Crippen LogP contribution in [0.4, 0.5) is 0 Å². The summed E-state index contributed by atoms with van der Waals surface area (Å²) in [7, 11) is 0. The second kappa shape index (κ2) is 9.00. The molecule has 0 aromatic rings. The van der Waals surface area contributed by atoms with Crippen LogP contribution in [-0.4, -0.2) is 0 Å². The number of nitrogens with zero attached hydrogens (tertiary/aromatic N) is 1. The Kier molecular flexibility index (Phi) is 12.6. The van der Waals surface area contributed by atoms with E-state index in [4.69, 9.17) is 5.26 Å². The van der Waals surface area contributed by atoms with Gasteiger partial charge in [-0.1, -0.05) is 13.8 Å². The molecule has 0 saturated heterocycles. The number of hydrogen-bond acceptors (Lipinski definition) is 1. The summed E-state index contributed by atoms with van der Waals surface area (Å²) in [6.45, 7) is 4.00. The summed E-state index contributed by atoms with van der Waals surface area (Å²) < 4.78 is 0.